The summed E-state index contributed by atoms with van der Waals surface area (Å²) in [6, 6.07) is 6.91. The van der Waals surface area contributed by atoms with Crippen LogP contribution in [0.25, 0.3) is 0 Å². The molecule has 3 rings (SSSR count). The maximum Gasteiger partial charge on any atom is 0.278 e. The molecule has 2 heterocycles. The van der Waals surface area contributed by atoms with Gasteiger partial charge in [0.25, 0.3) is 5.91 Å². The Hall–Kier alpha value is -1.44. The van der Waals surface area contributed by atoms with Crippen molar-refractivity contribution in [3.8, 4) is 0 Å². The fraction of sp³-hybridized carbons (Fsp3) is 0.611. The number of nitrogens with zero attached hydrogens (tertiary/aromatic N) is 1. The number of amides is 1. The van der Waals surface area contributed by atoms with E-state index >= 15 is 0 Å². The van der Waals surface area contributed by atoms with Crippen LogP contribution in [0.1, 0.15) is 37.7 Å². The number of quaternary nitrogens is 1. The first-order valence-corrected chi connectivity index (χ1v) is 10.5. The largest absolute Gasteiger partial charge is 0.364 e. The Bertz CT molecular complexity index is 716. The highest BCUT2D eigenvalue weighted by molar-refractivity contribution is 7.89. The lowest BCUT2D eigenvalue weighted by Crippen LogP contribution is -3.22. The van der Waals surface area contributed by atoms with Crippen molar-refractivity contribution in [3.05, 3.63) is 29.8 Å². The first kappa shape index (κ1) is 18.4. The molecule has 0 aliphatic carbocycles. The Morgan fingerprint density at radius 2 is 1.64 bits per heavy atom. The third-order valence-electron chi connectivity index (χ3n) is 5.84. The number of sulfonamides is 1. The molecule has 2 saturated heterocycles. The zero-order chi connectivity index (χ0) is 18.1. The summed E-state index contributed by atoms with van der Waals surface area (Å²) >= 11 is 0. The summed E-state index contributed by atoms with van der Waals surface area (Å²) < 4.78 is 27.2. The molecule has 7 heteroatoms. The van der Waals surface area contributed by atoms with Gasteiger partial charge in [0.1, 0.15) is 0 Å². The van der Waals surface area contributed by atoms with Crippen molar-refractivity contribution in [1.29, 1.82) is 0 Å². The molecule has 1 amide bonds. The van der Waals surface area contributed by atoms with E-state index in [4.69, 9.17) is 5.73 Å². The Balaban J connectivity index is 1.77. The molecule has 0 bridgehead atoms. The molecule has 2 fully saturated rings. The molecule has 1 aromatic carbocycles. The van der Waals surface area contributed by atoms with E-state index in [2.05, 4.69) is 0 Å². The van der Waals surface area contributed by atoms with E-state index in [1.807, 2.05) is 19.1 Å². The van der Waals surface area contributed by atoms with Crippen LogP contribution >= 0.6 is 0 Å². The number of hydrogen-bond acceptors (Lipinski definition) is 3. The molecule has 6 nitrogen and oxygen atoms in total. The number of hydrogen-bond donors (Lipinski definition) is 2. The van der Waals surface area contributed by atoms with Crippen LogP contribution in [0.5, 0.6) is 0 Å². The number of carbonyl (C=O) groups is 1. The van der Waals surface area contributed by atoms with Crippen molar-refractivity contribution < 1.29 is 18.1 Å². The highest BCUT2D eigenvalue weighted by atomic mass is 32.2. The summed E-state index contributed by atoms with van der Waals surface area (Å²) in [5.41, 5.74) is 6.20. The van der Waals surface area contributed by atoms with Crippen LogP contribution in [-0.4, -0.2) is 50.3 Å². The number of carbonyl (C=O) groups excluding carboxylic acids is 1. The van der Waals surface area contributed by atoms with Gasteiger partial charge in [-0.3, -0.25) is 4.79 Å². The second-order valence-corrected chi connectivity index (χ2v) is 9.27. The number of likely N-dealkylation sites (tertiary alicyclic amines) is 1. The minimum atomic E-state index is -3.51. The third-order valence-corrected chi connectivity index (χ3v) is 7.75. The van der Waals surface area contributed by atoms with Gasteiger partial charge in [-0.1, -0.05) is 17.7 Å². The fourth-order valence-corrected chi connectivity index (χ4v) is 5.64. The Morgan fingerprint density at radius 3 is 2.16 bits per heavy atom. The number of nitrogens with one attached hydrogen (secondary N) is 1. The Morgan fingerprint density at radius 1 is 1.08 bits per heavy atom. The average Bonchev–Trinajstić information content (AvgIpc) is 2.62. The quantitative estimate of drug-likeness (QED) is 0.791. The van der Waals surface area contributed by atoms with Gasteiger partial charge in [0.15, 0.2) is 5.54 Å². The molecule has 0 spiro atoms. The minimum absolute atomic E-state index is 0.281. The average molecular weight is 367 g/mol. The van der Waals surface area contributed by atoms with E-state index in [9.17, 15) is 13.2 Å². The normalized spacial score (nSPS) is 22.6. The number of piperidine rings is 2. The van der Waals surface area contributed by atoms with Gasteiger partial charge >= 0.3 is 0 Å². The molecule has 2 aliphatic heterocycles. The smallest absolute Gasteiger partial charge is 0.278 e. The van der Waals surface area contributed by atoms with Gasteiger partial charge in [-0.25, -0.2) is 8.42 Å². The van der Waals surface area contributed by atoms with Crippen molar-refractivity contribution in [2.24, 2.45) is 5.73 Å². The molecule has 2 aliphatic rings. The van der Waals surface area contributed by atoms with Crippen LogP contribution in [0.3, 0.4) is 0 Å². The van der Waals surface area contributed by atoms with Crippen LogP contribution in [0.15, 0.2) is 29.2 Å². The third kappa shape index (κ3) is 3.45. The second-order valence-electron chi connectivity index (χ2n) is 7.33. The predicted molar refractivity (Wildman–Crippen MR) is 95.6 cm³/mol. The second kappa shape index (κ2) is 7.05. The van der Waals surface area contributed by atoms with Crippen LogP contribution in [0.2, 0.25) is 0 Å². The summed E-state index contributed by atoms with van der Waals surface area (Å²) in [6.45, 7) is 4.53. The van der Waals surface area contributed by atoms with E-state index in [1.54, 1.807) is 12.1 Å². The molecular formula is C18H28N3O3S+. The Labute approximate surface area is 150 Å². The van der Waals surface area contributed by atoms with Gasteiger partial charge in [-0.2, -0.15) is 4.31 Å². The monoisotopic (exact) mass is 366 g/mol. The summed E-state index contributed by atoms with van der Waals surface area (Å²) in [4.78, 5) is 13.8. The first-order valence-electron chi connectivity index (χ1n) is 9.08. The number of aryl methyl sites for hydroxylation is 1. The Kier molecular flexibility index (Phi) is 5.18. The molecule has 138 valence electrons. The number of benzene rings is 1. The standard InChI is InChI=1S/C18H27N3O3S/c1-15-5-7-16(8-6-15)25(23,24)21-13-9-18(10-14-21,17(19)22)20-11-3-2-4-12-20/h5-8H,2-4,9-14H2,1H3,(H2,19,22)/p+1. The van der Waals surface area contributed by atoms with Gasteiger partial charge in [0.2, 0.25) is 10.0 Å². The molecule has 0 unspecified atom stereocenters. The molecule has 3 N–H and O–H groups in total. The highest BCUT2D eigenvalue weighted by Crippen LogP contribution is 2.26. The summed E-state index contributed by atoms with van der Waals surface area (Å²) in [7, 11) is -3.51. The van der Waals surface area contributed by atoms with Crippen molar-refractivity contribution in [2.45, 2.75) is 49.5 Å². The molecule has 0 aromatic heterocycles. The van der Waals surface area contributed by atoms with Crippen LogP contribution in [0.4, 0.5) is 0 Å². The summed E-state index contributed by atoms with van der Waals surface area (Å²) in [5, 5.41) is 0. The van der Waals surface area contributed by atoms with Crippen LogP contribution in [-0.2, 0) is 14.8 Å². The van der Waals surface area contributed by atoms with Crippen LogP contribution < -0.4 is 10.6 Å². The van der Waals surface area contributed by atoms with E-state index in [-0.39, 0.29) is 5.91 Å². The zero-order valence-electron chi connectivity index (χ0n) is 14.8. The van der Waals surface area contributed by atoms with Crippen molar-refractivity contribution in [1.82, 2.24) is 4.31 Å². The van der Waals surface area contributed by atoms with Crippen molar-refractivity contribution in [3.63, 3.8) is 0 Å². The molecule has 0 radical (unpaired) electrons. The topological polar surface area (TPSA) is 84.9 Å². The predicted octanol–water partition coefficient (Wildman–Crippen LogP) is 0.0724. The lowest BCUT2D eigenvalue weighted by Gasteiger charge is -2.44. The number of nitrogens with two attached hydrogens (primary N) is 1. The fourth-order valence-electron chi connectivity index (χ4n) is 4.20. The van der Waals surface area contributed by atoms with Gasteiger partial charge in [-0.05, 0) is 38.3 Å². The van der Waals surface area contributed by atoms with Gasteiger partial charge in [-0.15, -0.1) is 0 Å². The van der Waals surface area contributed by atoms with E-state index in [1.165, 1.54) is 15.6 Å². The highest BCUT2D eigenvalue weighted by Gasteiger charge is 2.50. The lowest BCUT2D eigenvalue weighted by atomic mass is 9.84. The van der Waals surface area contributed by atoms with Crippen molar-refractivity contribution >= 4 is 15.9 Å². The minimum Gasteiger partial charge on any atom is -0.364 e. The van der Waals surface area contributed by atoms with Crippen LogP contribution in [0, 0.1) is 6.92 Å². The molecular weight excluding hydrogens is 338 g/mol. The van der Waals surface area contributed by atoms with Crippen molar-refractivity contribution in [2.75, 3.05) is 26.2 Å². The molecule has 0 saturated carbocycles. The summed E-state index contributed by atoms with van der Waals surface area (Å²) in [5.74, 6) is -0.281. The van der Waals surface area contributed by atoms with E-state index in [0.29, 0.717) is 30.8 Å². The zero-order valence-corrected chi connectivity index (χ0v) is 15.6. The molecule has 25 heavy (non-hydrogen) atoms. The van der Waals surface area contributed by atoms with Gasteiger partial charge in [0.05, 0.1) is 18.0 Å². The summed E-state index contributed by atoms with van der Waals surface area (Å²) in [6.07, 6.45) is 4.42. The van der Waals surface area contributed by atoms with E-state index in [0.717, 1.165) is 31.5 Å². The van der Waals surface area contributed by atoms with Gasteiger partial charge in [0, 0.05) is 25.9 Å². The SMILES string of the molecule is Cc1ccc(S(=O)(=O)N2CCC(C(N)=O)([NH+]3CCCCC3)CC2)cc1. The number of primary amides is 1. The first-order chi connectivity index (χ1) is 11.9. The number of rotatable bonds is 4. The maximum absolute atomic E-state index is 12.9. The maximum atomic E-state index is 12.9. The molecule has 1 aromatic rings. The van der Waals surface area contributed by atoms with E-state index < -0.39 is 15.6 Å². The lowest BCUT2D eigenvalue weighted by molar-refractivity contribution is -0.948. The molecule has 0 atom stereocenters. The van der Waals surface area contributed by atoms with Gasteiger partial charge < -0.3 is 10.6 Å².